The van der Waals surface area contributed by atoms with Crippen molar-refractivity contribution in [1.82, 2.24) is 0 Å². The highest BCUT2D eigenvalue weighted by Gasteiger charge is 2.33. The maximum absolute atomic E-state index is 10.8. The van der Waals surface area contributed by atoms with Crippen LogP contribution in [0.3, 0.4) is 0 Å². The molecule has 0 aliphatic carbocycles. The van der Waals surface area contributed by atoms with Crippen LogP contribution in [0, 0.1) is 0 Å². The molecule has 100 valence electrons. The molecule has 0 N–H and O–H groups in total. The SMILES string of the molecule is C[Si](C)(CCC(=O)Cl)O[Si](C)(C)CCC(=O)Cl. The van der Waals surface area contributed by atoms with Crippen molar-refractivity contribution in [2.45, 2.75) is 51.1 Å². The molecule has 0 bridgehead atoms. The van der Waals surface area contributed by atoms with E-state index in [0.29, 0.717) is 12.8 Å². The van der Waals surface area contributed by atoms with Gasteiger partial charge in [0.05, 0.1) is 0 Å². The van der Waals surface area contributed by atoms with Gasteiger partial charge in [0.1, 0.15) is 0 Å². The number of carbonyl (C=O) groups excluding carboxylic acids is 2. The van der Waals surface area contributed by atoms with E-state index in [1.807, 2.05) is 0 Å². The molecule has 0 heterocycles. The van der Waals surface area contributed by atoms with Crippen molar-refractivity contribution in [2.75, 3.05) is 0 Å². The van der Waals surface area contributed by atoms with Crippen LogP contribution in [0.2, 0.25) is 38.3 Å². The second-order valence-electron chi connectivity index (χ2n) is 5.33. The van der Waals surface area contributed by atoms with Gasteiger partial charge in [0.25, 0.3) is 0 Å². The third kappa shape index (κ3) is 9.97. The summed E-state index contributed by atoms with van der Waals surface area (Å²) >= 11 is 10.7. The largest absolute Gasteiger partial charge is 0.455 e. The minimum absolute atomic E-state index is 0.315. The number of hydrogen-bond acceptors (Lipinski definition) is 3. The van der Waals surface area contributed by atoms with Crippen molar-refractivity contribution >= 4 is 50.3 Å². The molecule has 7 heteroatoms. The molecule has 0 radical (unpaired) electrons. The quantitative estimate of drug-likeness (QED) is 0.506. The van der Waals surface area contributed by atoms with Crippen LogP contribution in [-0.4, -0.2) is 27.1 Å². The van der Waals surface area contributed by atoms with Gasteiger partial charge in [0.15, 0.2) is 16.6 Å². The molecular weight excluding hydrogens is 295 g/mol. The summed E-state index contributed by atoms with van der Waals surface area (Å²) in [5.74, 6) is 0. The minimum Gasteiger partial charge on any atom is -0.455 e. The molecule has 0 saturated carbocycles. The molecular formula is C10H20Cl2O3Si2. The highest BCUT2D eigenvalue weighted by atomic mass is 35.5. The van der Waals surface area contributed by atoms with E-state index in [2.05, 4.69) is 26.2 Å². The van der Waals surface area contributed by atoms with Crippen molar-refractivity contribution < 1.29 is 13.7 Å². The van der Waals surface area contributed by atoms with Gasteiger partial charge >= 0.3 is 0 Å². The monoisotopic (exact) mass is 314 g/mol. The van der Waals surface area contributed by atoms with Crippen LogP contribution in [0.4, 0.5) is 0 Å². The molecule has 0 amide bonds. The molecule has 0 aromatic rings. The van der Waals surface area contributed by atoms with Crippen LogP contribution < -0.4 is 0 Å². The number of halogens is 2. The van der Waals surface area contributed by atoms with E-state index in [4.69, 9.17) is 27.3 Å². The summed E-state index contributed by atoms with van der Waals surface area (Å²) in [6, 6.07) is 1.45. The molecule has 0 aliphatic heterocycles. The van der Waals surface area contributed by atoms with Crippen molar-refractivity contribution in [3.63, 3.8) is 0 Å². The zero-order valence-electron chi connectivity index (χ0n) is 10.8. The number of rotatable bonds is 8. The Morgan fingerprint density at radius 3 is 1.41 bits per heavy atom. The Hall–Kier alpha value is 0.314. The first-order valence-electron chi connectivity index (χ1n) is 5.61. The Kier molecular flexibility index (Phi) is 7.17. The molecule has 0 aromatic heterocycles. The Morgan fingerprint density at radius 2 is 1.18 bits per heavy atom. The zero-order valence-corrected chi connectivity index (χ0v) is 14.3. The maximum Gasteiger partial charge on any atom is 0.221 e. The summed E-state index contributed by atoms with van der Waals surface area (Å²) in [7, 11) is -3.74. The fourth-order valence-electron chi connectivity index (χ4n) is 1.65. The first-order chi connectivity index (χ1) is 7.54. The van der Waals surface area contributed by atoms with Gasteiger partial charge in [0, 0.05) is 12.8 Å². The summed E-state index contributed by atoms with van der Waals surface area (Å²) in [4.78, 5) is 21.5. The average molecular weight is 315 g/mol. The van der Waals surface area contributed by atoms with Gasteiger partial charge in [-0.05, 0) is 61.5 Å². The molecule has 3 nitrogen and oxygen atoms in total. The third-order valence-corrected chi connectivity index (χ3v) is 10.1. The molecule has 0 atom stereocenters. The van der Waals surface area contributed by atoms with Crippen molar-refractivity contribution in [1.29, 1.82) is 0 Å². The van der Waals surface area contributed by atoms with Gasteiger partial charge < -0.3 is 4.12 Å². The lowest BCUT2D eigenvalue weighted by Gasteiger charge is -2.33. The highest BCUT2D eigenvalue weighted by Crippen LogP contribution is 2.24. The van der Waals surface area contributed by atoms with Crippen LogP contribution in [0.15, 0.2) is 0 Å². The molecule has 0 spiro atoms. The minimum atomic E-state index is -1.87. The van der Waals surface area contributed by atoms with E-state index in [1.165, 1.54) is 0 Å². The predicted octanol–water partition coefficient (Wildman–Crippen LogP) is 3.72. The van der Waals surface area contributed by atoms with Crippen LogP contribution in [0.1, 0.15) is 12.8 Å². The van der Waals surface area contributed by atoms with E-state index >= 15 is 0 Å². The van der Waals surface area contributed by atoms with Gasteiger partial charge in [-0.1, -0.05) is 0 Å². The molecule has 0 aliphatic rings. The highest BCUT2D eigenvalue weighted by molar-refractivity contribution is 6.85. The summed E-state index contributed by atoms with van der Waals surface area (Å²) in [5.41, 5.74) is 0. The van der Waals surface area contributed by atoms with Crippen LogP contribution >= 0.6 is 23.2 Å². The van der Waals surface area contributed by atoms with Crippen LogP contribution in [0.5, 0.6) is 0 Å². The molecule has 17 heavy (non-hydrogen) atoms. The van der Waals surface area contributed by atoms with E-state index in [0.717, 1.165) is 12.1 Å². The molecule has 0 aromatic carbocycles. The smallest absolute Gasteiger partial charge is 0.221 e. The lowest BCUT2D eigenvalue weighted by molar-refractivity contribution is -0.112. The standard InChI is InChI=1S/C10H20Cl2O3Si2/c1-16(2,7-5-9(11)13)15-17(3,4)8-6-10(12)14/h5-8H2,1-4H3. The van der Waals surface area contributed by atoms with E-state index in [1.54, 1.807) is 0 Å². The number of hydrogen-bond donors (Lipinski definition) is 0. The normalized spacial score (nSPS) is 12.6. The summed E-state index contributed by atoms with van der Waals surface area (Å²) in [6.07, 6.45) is 0.722. The Morgan fingerprint density at radius 1 is 0.882 bits per heavy atom. The van der Waals surface area contributed by atoms with E-state index < -0.39 is 16.6 Å². The maximum atomic E-state index is 10.8. The first kappa shape index (κ1) is 17.3. The Balaban J connectivity index is 4.26. The lowest BCUT2D eigenvalue weighted by Crippen LogP contribution is -2.44. The molecule has 0 saturated heterocycles. The van der Waals surface area contributed by atoms with Gasteiger partial charge in [-0.3, -0.25) is 9.59 Å². The fourth-order valence-corrected chi connectivity index (χ4v) is 10.6. The van der Waals surface area contributed by atoms with E-state index in [-0.39, 0.29) is 10.5 Å². The fraction of sp³-hybridized carbons (Fsp3) is 0.800. The van der Waals surface area contributed by atoms with Gasteiger partial charge in [-0.2, -0.15) is 0 Å². The molecule has 0 unspecified atom stereocenters. The lowest BCUT2D eigenvalue weighted by atomic mass is 10.5. The summed E-state index contributed by atoms with van der Waals surface area (Å²) in [6.45, 7) is 8.29. The summed E-state index contributed by atoms with van der Waals surface area (Å²) < 4.78 is 6.18. The summed E-state index contributed by atoms with van der Waals surface area (Å²) in [5, 5.41) is -0.630. The van der Waals surface area contributed by atoms with Gasteiger partial charge in [0.2, 0.25) is 10.5 Å². The van der Waals surface area contributed by atoms with Crippen molar-refractivity contribution in [3.05, 3.63) is 0 Å². The van der Waals surface area contributed by atoms with Crippen molar-refractivity contribution in [2.24, 2.45) is 0 Å². The van der Waals surface area contributed by atoms with Crippen LogP contribution in [-0.2, 0) is 13.7 Å². The topological polar surface area (TPSA) is 43.4 Å². The predicted molar refractivity (Wildman–Crippen MR) is 76.6 cm³/mol. The molecule has 0 rings (SSSR count). The number of carbonyl (C=O) groups is 2. The van der Waals surface area contributed by atoms with E-state index in [9.17, 15) is 9.59 Å². The molecule has 0 fully saturated rings. The third-order valence-electron chi connectivity index (χ3n) is 2.40. The average Bonchev–Trinajstić information content (AvgIpc) is 2.10. The Bertz CT molecular complexity index is 265. The zero-order chi connectivity index (χ0) is 13.7. The van der Waals surface area contributed by atoms with Gasteiger partial charge in [-0.15, -0.1) is 0 Å². The Labute approximate surface area is 115 Å². The van der Waals surface area contributed by atoms with Crippen LogP contribution in [0.25, 0.3) is 0 Å². The van der Waals surface area contributed by atoms with Crippen molar-refractivity contribution in [3.8, 4) is 0 Å². The second-order valence-corrected chi connectivity index (χ2v) is 15.0. The van der Waals surface area contributed by atoms with Gasteiger partial charge in [-0.25, -0.2) is 0 Å². The first-order valence-corrected chi connectivity index (χ1v) is 12.6. The second kappa shape index (κ2) is 7.04.